The molecule has 0 aliphatic heterocycles. The fourth-order valence-electron chi connectivity index (χ4n) is 1.49. The van der Waals surface area contributed by atoms with Gasteiger partial charge in [-0.2, -0.15) is 0 Å². The number of hydrogen-bond donors (Lipinski definition) is 0. The molecule has 0 fully saturated rings. The SMILES string of the molecule is Fc1ccc(Br)cc1COc1ccc(CBr)cc1. The van der Waals surface area contributed by atoms with Crippen LogP contribution in [0.25, 0.3) is 0 Å². The lowest BCUT2D eigenvalue weighted by molar-refractivity contribution is 0.299. The molecule has 0 aliphatic rings. The minimum Gasteiger partial charge on any atom is -0.489 e. The maximum atomic E-state index is 13.5. The molecule has 0 spiro atoms. The van der Waals surface area contributed by atoms with E-state index in [0.29, 0.717) is 5.56 Å². The molecule has 2 rings (SSSR count). The third kappa shape index (κ3) is 3.56. The maximum absolute atomic E-state index is 13.5. The predicted octanol–water partition coefficient (Wildman–Crippen LogP) is 5.06. The Morgan fingerprint density at radius 1 is 1.06 bits per heavy atom. The smallest absolute Gasteiger partial charge is 0.129 e. The van der Waals surface area contributed by atoms with Gasteiger partial charge in [-0.1, -0.05) is 44.0 Å². The van der Waals surface area contributed by atoms with E-state index in [0.717, 1.165) is 15.6 Å². The Kier molecular flexibility index (Phi) is 4.78. The van der Waals surface area contributed by atoms with Crippen LogP contribution in [0.5, 0.6) is 5.75 Å². The quantitative estimate of drug-likeness (QED) is 0.680. The molecule has 4 heteroatoms. The van der Waals surface area contributed by atoms with Crippen molar-refractivity contribution in [2.45, 2.75) is 11.9 Å². The highest BCUT2D eigenvalue weighted by Gasteiger charge is 2.04. The van der Waals surface area contributed by atoms with Crippen LogP contribution < -0.4 is 4.74 Å². The van der Waals surface area contributed by atoms with E-state index in [1.165, 1.54) is 11.6 Å². The summed E-state index contributed by atoms with van der Waals surface area (Å²) in [6, 6.07) is 12.5. The Hall–Kier alpha value is -0.870. The molecule has 2 aromatic carbocycles. The lowest BCUT2D eigenvalue weighted by Gasteiger charge is -2.08. The molecular weight excluding hydrogens is 363 g/mol. The molecule has 94 valence electrons. The summed E-state index contributed by atoms with van der Waals surface area (Å²) in [7, 11) is 0. The van der Waals surface area contributed by atoms with Gasteiger partial charge in [0.2, 0.25) is 0 Å². The normalized spacial score (nSPS) is 10.4. The van der Waals surface area contributed by atoms with Crippen LogP contribution in [0.15, 0.2) is 46.9 Å². The van der Waals surface area contributed by atoms with E-state index in [1.807, 2.05) is 24.3 Å². The largest absolute Gasteiger partial charge is 0.489 e. The zero-order valence-electron chi connectivity index (χ0n) is 9.50. The van der Waals surface area contributed by atoms with E-state index in [4.69, 9.17) is 4.74 Å². The minimum absolute atomic E-state index is 0.221. The Labute approximate surface area is 122 Å². The second-order valence-electron chi connectivity index (χ2n) is 3.80. The molecule has 0 amide bonds. The third-order valence-electron chi connectivity index (χ3n) is 2.48. The lowest BCUT2D eigenvalue weighted by atomic mass is 10.2. The van der Waals surface area contributed by atoms with Crippen LogP contribution >= 0.6 is 31.9 Å². The van der Waals surface area contributed by atoms with Crippen LogP contribution in [-0.2, 0) is 11.9 Å². The predicted molar refractivity (Wildman–Crippen MR) is 77.5 cm³/mol. The van der Waals surface area contributed by atoms with E-state index >= 15 is 0 Å². The number of alkyl halides is 1. The number of benzene rings is 2. The second-order valence-corrected chi connectivity index (χ2v) is 5.28. The number of hydrogen-bond acceptors (Lipinski definition) is 1. The van der Waals surface area contributed by atoms with Gasteiger partial charge in [-0.15, -0.1) is 0 Å². The fourth-order valence-corrected chi connectivity index (χ4v) is 2.27. The van der Waals surface area contributed by atoms with Gasteiger partial charge in [0.15, 0.2) is 0 Å². The summed E-state index contributed by atoms with van der Waals surface area (Å²) in [6.07, 6.45) is 0. The molecule has 0 N–H and O–H groups in total. The molecule has 0 aromatic heterocycles. The van der Waals surface area contributed by atoms with E-state index in [9.17, 15) is 4.39 Å². The first-order valence-corrected chi connectivity index (χ1v) is 7.32. The molecule has 0 aliphatic carbocycles. The van der Waals surface area contributed by atoms with Gasteiger partial charge >= 0.3 is 0 Å². The summed E-state index contributed by atoms with van der Waals surface area (Å²) in [6.45, 7) is 0.221. The van der Waals surface area contributed by atoms with Crippen molar-refractivity contribution in [3.8, 4) is 5.75 Å². The van der Waals surface area contributed by atoms with E-state index < -0.39 is 0 Å². The zero-order valence-corrected chi connectivity index (χ0v) is 12.7. The summed E-state index contributed by atoms with van der Waals surface area (Å²) in [5, 5.41) is 0.813. The van der Waals surface area contributed by atoms with Crippen molar-refractivity contribution < 1.29 is 9.13 Å². The standard InChI is InChI=1S/C14H11Br2FO/c15-8-10-1-4-13(5-2-10)18-9-11-7-12(16)3-6-14(11)17/h1-7H,8-9H2. The Bertz CT molecular complexity index is 526. The highest BCUT2D eigenvalue weighted by molar-refractivity contribution is 9.10. The van der Waals surface area contributed by atoms with Crippen molar-refractivity contribution in [3.63, 3.8) is 0 Å². The average molecular weight is 374 g/mol. The molecular formula is C14H11Br2FO. The van der Waals surface area contributed by atoms with Crippen molar-refractivity contribution in [2.24, 2.45) is 0 Å². The number of ether oxygens (including phenoxy) is 1. The third-order valence-corrected chi connectivity index (χ3v) is 3.62. The highest BCUT2D eigenvalue weighted by atomic mass is 79.9. The molecule has 0 saturated heterocycles. The lowest BCUT2D eigenvalue weighted by Crippen LogP contribution is -1.98. The van der Waals surface area contributed by atoms with Gasteiger partial charge in [0.25, 0.3) is 0 Å². The van der Waals surface area contributed by atoms with Gasteiger partial charge in [-0.3, -0.25) is 0 Å². The molecule has 0 radical (unpaired) electrons. The van der Waals surface area contributed by atoms with Crippen molar-refractivity contribution >= 4 is 31.9 Å². The van der Waals surface area contributed by atoms with Gasteiger partial charge in [-0.25, -0.2) is 4.39 Å². The summed E-state index contributed by atoms with van der Waals surface area (Å²) < 4.78 is 19.9. The van der Waals surface area contributed by atoms with E-state index in [2.05, 4.69) is 31.9 Å². The highest BCUT2D eigenvalue weighted by Crippen LogP contribution is 2.19. The van der Waals surface area contributed by atoms with Crippen LogP contribution in [0.3, 0.4) is 0 Å². The maximum Gasteiger partial charge on any atom is 0.129 e. The average Bonchev–Trinajstić information content (AvgIpc) is 2.40. The van der Waals surface area contributed by atoms with E-state index in [1.54, 1.807) is 12.1 Å². The van der Waals surface area contributed by atoms with Gasteiger partial charge in [0.05, 0.1) is 0 Å². The first-order valence-electron chi connectivity index (χ1n) is 5.40. The van der Waals surface area contributed by atoms with Crippen LogP contribution in [0, 0.1) is 5.82 Å². The minimum atomic E-state index is -0.254. The van der Waals surface area contributed by atoms with Crippen molar-refractivity contribution in [1.29, 1.82) is 0 Å². The summed E-state index contributed by atoms with van der Waals surface area (Å²) in [4.78, 5) is 0. The molecule has 0 saturated carbocycles. The van der Waals surface area contributed by atoms with Crippen LogP contribution in [-0.4, -0.2) is 0 Å². The van der Waals surface area contributed by atoms with Gasteiger partial charge in [0.1, 0.15) is 18.2 Å². The number of halogens is 3. The zero-order chi connectivity index (χ0) is 13.0. The molecule has 0 unspecified atom stereocenters. The molecule has 0 atom stereocenters. The molecule has 0 bridgehead atoms. The topological polar surface area (TPSA) is 9.23 Å². The summed E-state index contributed by atoms with van der Waals surface area (Å²) >= 11 is 6.69. The first kappa shape index (κ1) is 13.6. The van der Waals surface area contributed by atoms with Gasteiger partial charge in [0, 0.05) is 15.4 Å². The van der Waals surface area contributed by atoms with Crippen molar-refractivity contribution in [1.82, 2.24) is 0 Å². The van der Waals surface area contributed by atoms with Crippen LogP contribution in [0.1, 0.15) is 11.1 Å². The Morgan fingerprint density at radius 2 is 1.78 bits per heavy atom. The van der Waals surface area contributed by atoms with Crippen LogP contribution in [0.2, 0.25) is 0 Å². The first-order chi connectivity index (χ1) is 8.69. The molecule has 2 aromatic rings. The fraction of sp³-hybridized carbons (Fsp3) is 0.143. The Balaban J connectivity index is 2.04. The molecule has 18 heavy (non-hydrogen) atoms. The molecule has 0 heterocycles. The second kappa shape index (κ2) is 6.34. The van der Waals surface area contributed by atoms with Crippen molar-refractivity contribution in [3.05, 3.63) is 63.9 Å². The van der Waals surface area contributed by atoms with Crippen molar-refractivity contribution in [2.75, 3.05) is 0 Å². The Morgan fingerprint density at radius 3 is 2.44 bits per heavy atom. The summed E-state index contributed by atoms with van der Waals surface area (Å²) in [5.41, 5.74) is 1.71. The summed E-state index contributed by atoms with van der Waals surface area (Å²) in [5.74, 6) is 0.481. The van der Waals surface area contributed by atoms with Crippen LogP contribution in [0.4, 0.5) is 4.39 Å². The molecule has 1 nitrogen and oxygen atoms in total. The van der Waals surface area contributed by atoms with E-state index in [-0.39, 0.29) is 12.4 Å². The monoisotopic (exact) mass is 372 g/mol. The van der Waals surface area contributed by atoms with Gasteiger partial charge in [-0.05, 0) is 35.9 Å². The number of rotatable bonds is 4. The van der Waals surface area contributed by atoms with Gasteiger partial charge < -0.3 is 4.74 Å².